The molecule has 7 nitrogen and oxygen atoms in total. The number of esters is 1. The molecule has 35 heavy (non-hydrogen) atoms. The number of rotatable bonds is 5. The molecule has 0 amide bonds. The quantitative estimate of drug-likeness (QED) is 0.188. The van der Waals surface area contributed by atoms with Gasteiger partial charge in [-0.25, -0.2) is 17.9 Å². The molecule has 0 radical (unpaired) electrons. The highest BCUT2D eigenvalue weighted by Crippen LogP contribution is 2.30. The summed E-state index contributed by atoms with van der Waals surface area (Å²) in [4.78, 5) is 25.4. The zero-order chi connectivity index (χ0) is 24.6. The molecule has 4 aromatic rings. The Balaban J connectivity index is 1.30. The van der Waals surface area contributed by atoms with Gasteiger partial charge in [0.25, 0.3) is 0 Å². The minimum atomic E-state index is -3.68. The number of carbonyl (C=O) groups is 1. The molecule has 3 aromatic carbocycles. The van der Waals surface area contributed by atoms with Crippen molar-refractivity contribution in [1.29, 1.82) is 0 Å². The summed E-state index contributed by atoms with van der Waals surface area (Å²) in [6.45, 7) is 1.90. The minimum Gasteiger partial charge on any atom is -0.426 e. The van der Waals surface area contributed by atoms with E-state index in [0.29, 0.717) is 36.7 Å². The third-order valence-corrected chi connectivity index (χ3v) is 8.01. The van der Waals surface area contributed by atoms with Crippen LogP contribution in [0, 0.1) is 12.8 Å². The minimum absolute atomic E-state index is 0.206. The Morgan fingerprint density at radius 2 is 1.71 bits per heavy atom. The number of hydrogen-bond acceptors (Lipinski definition) is 6. The normalized spacial score (nSPS) is 18.5. The molecule has 8 heteroatoms. The van der Waals surface area contributed by atoms with Crippen molar-refractivity contribution in [2.45, 2.75) is 43.5 Å². The number of ether oxygens (including phenoxy) is 1. The van der Waals surface area contributed by atoms with Crippen molar-refractivity contribution in [3.8, 4) is 5.75 Å². The first-order valence-electron chi connectivity index (χ1n) is 11.6. The van der Waals surface area contributed by atoms with Crippen LogP contribution in [0.5, 0.6) is 5.75 Å². The molecule has 0 unspecified atom stereocenters. The third kappa shape index (κ3) is 4.85. The van der Waals surface area contributed by atoms with Gasteiger partial charge in [-0.2, -0.15) is 0 Å². The van der Waals surface area contributed by atoms with E-state index in [-0.39, 0.29) is 16.7 Å². The molecular formula is C27H25NO6S. The van der Waals surface area contributed by atoms with Gasteiger partial charge in [-0.15, -0.1) is 0 Å². The maximum absolute atomic E-state index is 12.9. The predicted molar refractivity (Wildman–Crippen MR) is 133 cm³/mol. The molecule has 0 bridgehead atoms. The largest absolute Gasteiger partial charge is 0.426 e. The monoisotopic (exact) mass is 491 g/mol. The number of nitrogens with one attached hydrogen (secondary N) is 1. The molecule has 1 saturated carbocycles. The number of aryl methyl sites for hydroxylation is 1. The summed E-state index contributed by atoms with van der Waals surface area (Å²) in [5.41, 5.74) is 0.865. The maximum atomic E-state index is 12.9. The summed E-state index contributed by atoms with van der Waals surface area (Å²) in [7, 11) is -3.68. The van der Waals surface area contributed by atoms with Gasteiger partial charge in [0.2, 0.25) is 10.0 Å². The molecule has 1 aromatic heterocycles. The van der Waals surface area contributed by atoms with E-state index in [4.69, 9.17) is 9.15 Å². The fourth-order valence-corrected chi connectivity index (χ4v) is 5.92. The topological polar surface area (TPSA) is 103 Å². The molecule has 180 valence electrons. The summed E-state index contributed by atoms with van der Waals surface area (Å²) in [5.74, 6) is -0.580. The third-order valence-electron chi connectivity index (χ3n) is 6.47. The van der Waals surface area contributed by atoms with Gasteiger partial charge in [-0.3, -0.25) is 4.79 Å². The second-order valence-electron chi connectivity index (χ2n) is 9.01. The Labute approximate surface area is 202 Å². The molecule has 0 aliphatic heterocycles. The lowest BCUT2D eigenvalue weighted by atomic mass is 9.86. The van der Waals surface area contributed by atoms with E-state index in [9.17, 15) is 18.0 Å². The van der Waals surface area contributed by atoms with E-state index in [1.807, 2.05) is 19.1 Å². The Kier molecular flexibility index (Phi) is 6.17. The summed E-state index contributed by atoms with van der Waals surface area (Å²) in [6, 6.07) is 18.5. The van der Waals surface area contributed by atoms with Crippen LogP contribution >= 0.6 is 0 Å². The van der Waals surface area contributed by atoms with Gasteiger partial charge in [0.05, 0.1) is 16.2 Å². The van der Waals surface area contributed by atoms with Gasteiger partial charge < -0.3 is 9.15 Å². The highest BCUT2D eigenvalue weighted by atomic mass is 32.2. The van der Waals surface area contributed by atoms with Gasteiger partial charge in [0.15, 0.2) is 0 Å². The van der Waals surface area contributed by atoms with Crippen LogP contribution < -0.4 is 15.1 Å². The molecule has 1 heterocycles. The highest BCUT2D eigenvalue weighted by molar-refractivity contribution is 7.89. The standard InChI is InChI=1S/C27H25NO6S/c1-17-9-12-21(13-10-17)35(31,32)28-19-6-4-5-18(15-19)26(29)33-20-11-14-23-22-7-2-3-8-24(22)27(30)34-25(23)16-20/h2-3,7-14,16,18-19,28H,4-6,15H2,1H3/t18-,19+/m0/s1. The summed E-state index contributed by atoms with van der Waals surface area (Å²) >= 11 is 0. The van der Waals surface area contributed by atoms with E-state index in [1.165, 1.54) is 0 Å². The Hall–Kier alpha value is -3.49. The maximum Gasteiger partial charge on any atom is 0.344 e. The number of hydrogen-bond donors (Lipinski definition) is 1. The molecule has 1 aliphatic rings. The van der Waals surface area contributed by atoms with Crippen molar-refractivity contribution in [1.82, 2.24) is 4.72 Å². The lowest BCUT2D eigenvalue weighted by Gasteiger charge is -2.28. The SMILES string of the molecule is Cc1ccc(S(=O)(=O)N[C@@H]2CCC[C@H](C(=O)Oc3ccc4c(c3)oc(=O)c3ccccc34)C2)cc1. The van der Waals surface area contributed by atoms with Crippen molar-refractivity contribution in [2.75, 3.05) is 0 Å². The van der Waals surface area contributed by atoms with E-state index in [2.05, 4.69) is 4.72 Å². The molecule has 0 saturated heterocycles. The van der Waals surface area contributed by atoms with Crippen molar-refractivity contribution in [3.05, 3.63) is 82.7 Å². The first-order chi connectivity index (χ1) is 16.8. The van der Waals surface area contributed by atoms with Crippen LogP contribution in [0.15, 0.2) is 80.8 Å². The molecule has 1 N–H and O–H groups in total. The zero-order valence-corrected chi connectivity index (χ0v) is 20.0. The van der Waals surface area contributed by atoms with Crippen molar-refractivity contribution in [2.24, 2.45) is 5.92 Å². The van der Waals surface area contributed by atoms with E-state index < -0.39 is 27.5 Å². The number of sulfonamides is 1. The van der Waals surface area contributed by atoms with Crippen LogP contribution in [-0.4, -0.2) is 20.4 Å². The Bertz CT molecular complexity index is 1570. The van der Waals surface area contributed by atoms with Crippen LogP contribution in [0.2, 0.25) is 0 Å². The second kappa shape index (κ2) is 9.28. The second-order valence-corrected chi connectivity index (χ2v) is 10.7. The van der Waals surface area contributed by atoms with Crippen LogP contribution in [0.1, 0.15) is 31.2 Å². The summed E-state index contributed by atoms with van der Waals surface area (Å²) in [5, 5.41) is 2.02. The fourth-order valence-electron chi connectivity index (χ4n) is 4.64. The van der Waals surface area contributed by atoms with Crippen LogP contribution in [0.25, 0.3) is 21.7 Å². The van der Waals surface area contributed by atoms with Gasteiger partial charge in [0.1, 0.15) is 11.3 Å². The van der Waals surface area contributed by atoms with Gasteiger partial charge in [-0.05, 0) is 61.9 Å². The molecular weight excluding hydrogens is 466 g/mol. The van der Waals surface area contributed by atoms with E-state index in [0.717, 1.165) is 16.3 Å². The van der Waals surface area contributed by atoms with Gasteiger partial charge in [0, 0.05) is 17.5 Å². The van der Waals surface area contributed by atoms with Crippen molar-refractivity contribution in [3.63, 3.8) is 0 Å². The van der Waals surface area contributed by atoms with Crippen molar-refractivity contribution < 1.29 is 22.4 Å². The lowest BCUT2D eigenvalue weighted by Crippen LogP contribution is -2.40. The number of fused-ring (bicyclic) bond motifs is 3. The molecule has 0 spiro atoms. The van der Waals surface area contributed by atoms with Gasteiger partial charge >= 0.3 is 11.6 Å². The van der Waals surface area contributed by atoms with Crippen molar-refractivity contribution >= 4 is 37.7 Å². The smallest absolute Gasteiger partial charge is 0.344 e. The van der Waals surface area contributed by atoms with Crippen LogP contribution in [0.4, 0.5) is 0 Å². The van der Waals surface area contributed by atoms with E-state index in [1.54, 1.807) is 54.6 Å². The molecule has 2 atom stereocenters. The van der Waals surface area contributed by atoms with Gasteiger partial charge in [-0.1, -0.05) is 42.3 Å². The first kappa shape index (κ1) is 23.3. The molecule has 5 rings (SSSR count). The average molecular weight is 492 g/mol. The number of carbonyl (C=O) groups excluding carboxylic acids is 1. The van der Waals surface area contributed by atoms with E-state index >= 15 is 0 Å². The lowest BCUT2D eigenvalue weighted by molar-refractivity contribution is -0.140. The highest BCUT2D eigenvalue weighted by Gasteiger charge is 2.31. The zero-order valence-electron chi connectivity index (χ0n) is 19.2. The van der Waals surface area contributed by atoms with Crippen LogP contribution in [0.3, 0.4) is 0 Å². The summed E-state index contributed by atoms with van der Waals surface area (Å²) < 4.78 is 39.3. The average Bonchev–Trinajstić information content (AvgIpc) is 2.84. The molecule has 1 aliphatic carbocycles. The predicted octanol–water partition coefficient (Wildman–Crippen LogP) is 4.70. The van der Waals surface area contributed by atoms with Crippen LogP contribution in [-0.2, 0) is 14.8 Å². The summed E-state index contributed by atoms with van der Waals surface area (Å²) in [6.07, 6.45) is 2.34. The first-order valence-corrected chi connectivity index (χ1v) is 13.0. The number of benzene rings is 3. The fraction of sp³-hybridized carbons (Fsp3) is 0.259. The Morgan fingerprint density at radius 1 is 0.971 bits per heavy atom. The Morgan fingerprint density at radius 3 is 2.49 bits per heavy atom. The molecule has 1 fully saturated rings.